The van der Waals surface area contributed by atoms with E-state index in [1.165, 1.54) is 12.8 Å². The molecule has 2 N–H and O–H groups in total. The molecule has 1 fully saturated rings. The molecule has 2 rings (SSSR count). The zero-order chi connectivity index (χ0) is 12.1. The second kappa shape index (κ2) is 6.12. The predicted octanol–water partition coefficient (Wildman–Crippen LogP) is 2.02. The lowest BCUT2D eigenvalue weighted by molar-refractivity contribution is 0.389. The number of halogens is 1. The smallest absolute Gasteiger partial charge is 0.126 e. The zero-order valence-corrected chi connectivity index (χ0v) is 10.4. The second-order valence-corrected chi connectivity index (χ2v) is 4.82. The number of piperidine rings is 1. The SMILES string of the molecule is Cc1ccc(CCNC2CCNCC2)c(F)c1. The van der Waals surface area contributed by atoms with Crippen LogP contribution in [0.1, 0.15) is 24.0 Å². The Bertz CT molecular complexity index is 359. The molecule has 94 valence electrons. The van der Waals surface area contributed by atoms with Gasteiger partial charge in [0.2, 0.25) is 0 Å². The lowest BCUT2D eigenvalue weighted by atomic mass is 10.1. The van der Waals surface area contributed by atoms with Gasteiger partial charge in [0.05, 0.1) is 0 Å². The molecule has 1 aliphatic heterocycles. The van der Waals surface area contributed by atoms with Crippen LogP contribution in [-0.4, -0.2) is 25.7 Å². The third kappa shape index (κ3) is 3.79. The first-order valence-corrected chi connectivity index (χ1v) is 6.45. The van der Waals surface area contributed by atoms with Crippen LogP contribution < -0.4 is 10.6 Å². The van der Waals surface area contributed by atoms with Gasteiger partial charge in [0.25, 0.3) is 0 Å². The van der Waals surface area contributed by atoms with E-state index in [1.807, 2.05) is 19.1 Å². The summed E-state index contributed by atoms with van der Waals surface area (Å²) in [7, 11) is 0. The molecule has 3 heteroatoms. The number of hydrogen-bond acceptors (Lipinski definition) is 2. The van der Waals surface area contributed by atoms with E-state index in [-0.39, 0.29) is 5.82 Å². The maximum absolute atomic E-state index is 13.6. The van der Waals surface area contributed by atoms with E-state index >= 15 is 0 Å². The second-order valence-electron chi connectivity index (χ2n) is 4.82. The molecule has 2 nitrogen and oxygen atoms in total. The molecule has 0 saturated carbocycles. The van der Waals surface area contributed by atoms with Crippen LogP contribution in [0, 0.1) is 12.7 Å². The van der Waals surface area contributed by atoms with E-state index in [1.54, 1.807) is 6.07 Å². The van der Waals surface area contributed by atoms with E-state index < -0.39 is 0 Å². The van der Waals surface area contributed by atoms with Crippen LogP contribution >= 0.6 is 0 Å². The first-order chi connectivity index (χ1) is 8.25. The van der Waals surface area contributed by atoms with Crippen molar-refractivity contribution in [2.45, 2.75) is 32.2 Å². The average Bonchev–Trinajstić information content (AvgIpc) is 2.33. The summed E-state index contributed by atoms with van der Waals surface area (Å²) in [5.74, 6) is -0.0721. The molecule has 0 aliphatic carbocycles. The molecular formula is C14H21FN2. The third-order valence-corrected chi connectivity index (χ3v) is 3.38. The Kier molecular flexibility index (Phi) is 4.51. The number of nitrogens with one attached hydrogen (secondary N) is 2. The largest absolute Gasteiger partial charge is 0.317 e. The van der Waals surface area contributed by atoms with Crippen molar-refractivity contribution in [1.29, 1.82) is 0 Å². The van der Waals surface area contributed by atoms with Crippen molar-refractivity contribution >= 4 is 0 Å². The molecule has 17 heavy (non-hydrogen) atoms. The van der Waals surface area contributed by atoms with Crippen molar-refractivity contribution in [3.05, 3.63) is 35.1 Å². The molecule has 0 aromatic heterocycles. The van der Waals surface area contributed by atoms with Crippen LogP contribution in [0.2, 0.25) is 0 Å². The van der Waals surface area contributed by atoms with Crippen molar-refractivity contribution in [1.82, 2.24) is 10.6 Å². The lowest BCUT2D eigenvalue weighted by Gasteiger charge is -2.23. The fourth-order valence-corrected chi connectivity index (χ4v) is 2.29. The Morgan fingerprint density at radius 3 is 2.82 bits per heavy atom. The number of aryl methyl sites for hydroxylation is 1. The van der Waals surface area contributed by atoms with Crippen molar-refractivity contribution < 1.29 is 4.39 Å². The maximum Gasteiger partial charge on any atom is 0.126 e. The topological polar surface area (TPSA) is 24.1 Å². The molecule has 1 aliphatic rings. The van der Waals surface area contributed by atoms with Crippen LogP contribution in [-0.2, 0) is 6.42 Å². The minimum Gasteiger partial charge on any atom is -0.317 e. The van der Waals surface area contributed by atoms with Gasteiger partial charge in [-0.2, -0.15) is 0 Å². The van der Waals surface area contributed by atoms with Crippen LogP contribution in [0.5, 0.6) is 0 Å². The highest BCUT2D eigenvalue weighted by Gasteiger charge is 2.11. The van der Waals surface area contributed by atoms with Crippen LogP contribution in [0.4, 0.5) is 4.39 Å². The molecule has 1 saturated heterocycles. The maximum atomic E-state index is 13.6. The summed E-state index contributed by atoms with van der Waals surface area (Å²) in [6.45, 7) is 4.97. The van der Waals surface area contributed by atoms with E-state index in [0.29, 0.717) is 6.04 Å². The molecule has 1 aromatic rings. The summed E-state index contributed by atoms with van der Waals surface area (Å²) in [4.78, 5) is 0. The molecule has 0 radical (unpaired) electrons. The molecule has 0 bridgehead atoms. The van der Waals surface area contributed by atoms with Crippen LogP contribution in [0.25, 0.3) is 0 Å². The summed E-state index contributed by atoms with van der Waals surface area (Å²) in [5, 5.41) is 6.84. The van der Waals surface area contributed by atoms with Crippen molar-refractivity contribution in [2.75, 3.05) is 19.6 Å². The Morgan fingerprint density at radius 2 is 2.12 bits per heavy atom. The minimum absolute atomic E-state index is 0.0721. The Labute approximate surface area is 103 Å². The van der Waals surface area contributed by atoms with E-state index in [0.717, 1.165) is 37.2 Å². The van der Waals surface area contributed by atoms with Gasteiger partial charge in [0.15, 0.2) is 0 Å². The van der Waals surface area contributed by atoms with E-state index in [2.05, 4.69) is 10.6 Å². The van der Waals surface area contributed by atoms with Crippen molar-refractivity contribution in [3.8, 4) is 0 Å². The molecule has 0 unspecified atom stereocenters. The highest BCUT2D eigenvalue weighted by Crippen LogP contribution is 2.10. The Balaban J connectivity index is 1.77. The predicted molar refractivity (Wildman–Crippen MR) is 68.7 cm³/mol. The third-order valence-electron chi connectivity index (χ3n) is 3.38. The summed E-state index contributed by atoms with van der Waals surface area (Å²) in [6.07, 6.45) is 3.13. The summed E-state index contributed by atoms with van der Waals surface area (Å²) < 4.78 is 13.6. The van der Waals surface area contributed by atoms with Gasteiger partial charge < -0.3 is 10.6 Å². The summed E-state index contributed by atoms with van der Waals surface area (Å²) >= 11 is 0. The highest BCUT2D eigenvalue weighted by atomic mass is 19.1. The molecule has 1 aromatic carbocycles. The quantitative estimate of drug-likeness (QED) is 0.835. The Morgan fingerprint density at radius 1 is 1.35 bits per heavy atom. The molecule has 0 atom stereocenters. The van der Waals surface area contributed by atoms with Gasteiger partial charge in [-0.25, -0.2) is 4.39 Å². The number of hydrogen-bond donors (Lipinski definition) is 2. The standard InChI is InChI=1S/C14H21FN2/c1-11-2-3-12(14(15)10-11)4-9-17-13-5-7-16-8-6-13/h2-3,10,13,16-17H,4-9H2,1H3. The van der Waals surface area contributed by atoms with Gasteiger partial charge in [0.1, 0.15) is 5.82 Å². The minimum atomic E-state index is -0.0721. The van der Waals surface area contributed by atoms with Crippen molar-refractivity contribution in [3.63, 3.8) is 0 Å². The van der Waals surface area contributed by atoms with E-state index in [4.69, 9.17) is 0 Å². The first-order valence-electron chi connectivity index (χ1n) is 6.45. The normalized spacial score (nSPS) is 17.3. The van der Waals surface area contributed by atoms with Gasteiger partial charge in [0, 0.05) is 6.04 Å². The fourth-order valence-electron chi connectivity index (χ4n) is 2.29. The zero-order valence-electron chi connectivity index (χ0n) is 10.4. The average molecular weight is 236 g/mol. The van der Waals surface area contributed by atoms with Gasteiger partial charge in [-0.1, -0.05) is 12.1 Å². The first kappa shape index (κ1) is 12.5. The number of rotatable bonds is 4. The van der Waals surface area contributed by atoms with Gasteiger partial charge in [-0.3, -0.25) is 0 Å². The Hall–Kier alpha value is -0.930. The summed E-state index contributed by atoms with van der Waals surface area (Å²) in [6, 6.07) is 6.09. The van der Waals surface area contributed by atoms with Crippen molar-refractivity contribution in [2.24, 2.45) is 0 Å². The monoisotopic (exact) mass is 236 g/mol. The molecule has 0 amide bonds. The molecule has 0 spiro atoms. The van der Waals surface area contributed by atoms with Gasteiger partial charge in [-0.05, 0) is 63.0 Å². The van der Waals surface area contributed by atoms with E-state index in [9.17, 15) is 4.39 Å². The van der Waals surface area contributed by atoms with Crippen LogP contribution in [0.15, 0.2) is 18.2 Å². The summed E-state index contributed by atoms with van der Waals surface area (Å²) in [5.41, 5.74) is 1.80. The van der Waals surface area contributed by atoms with Gasteiger partial charge in [-0.15, -0.1) is 0 Å². The lowest BCUT2D eigenvalue weighted by Crippen LogP contribution is -2.40. The van der Waals surface area contributed by atoms with Crippen LogP contribution in [0.3, 0.4) is 0 Å². The van der Waals surface area contributed by atoms with Gasteiger partial charge >= 0.3 is 0 Å². The molecule has 1 heterocycles. The molecular weight excluding hydrogens is 215 g/mol. The highest BCUT2D eigenvalue weighted by molar-refractivity contribution is 5.23. The number of benzene rings is 1. The fraction of sp³-hybridized carbons (Fsp3) is 0.571.